The highest BCUT2D eigenvalue weighted by atomic mass is 32.1. The van der Waals surface area contributed by atoms with Crippen LogP contribution in [0.5, 0.6) is 0 Å². The lowest BCUT2D eigenvalue weighted by atomic mass is 9.97. The van der Waals surface area contributed by atoms with Gasteiger partial charge in [-0.15, -0.1) is 0 Å². The van der Waals surface area contributed by atoms with Crippen LogP contribution < -0.4 is 11.1 Å². The first-order valence-electron chi connectivity index (χ1n) is 13.4. The number of anilines is 2. The van der Waals surface area contributed by atoms with Crippen LogP contribution in [-0.4, -0.2) is 46.7 Å². The van der Waals surface area contributed by atoms with Gasteiger partial charge in [-0.1, -0.05) is 72.8 Å². The van der Waals surface area contributed by atoms with Crippen LogP contribution in [0.4, 0.5) is 16.2 Å². The van der Waals surface area contributed by atoms with E-state index >= 15 is 0 Å². The molecule has 7 heteroatoms. The van der Waals surface area contributed by atoms with Gasteiger partial charge in [0.15, 0.2) is 0 Å². The topological polar surface area (TPSA) is 70.8 Å². The molecule has 2 heterocycles. The number of nitrogens with two attached hydrogens (primary N) is 1. The number of amides is 1. The van der Waals surface area contributed by atoms with Gasteiger partial charge in [0.25, 0.3) is 0 Å². The number of ether oxygens (including phenoxy) is 1. The zero-order valence-corrected chi connectivity index (χ0v) is 23.1. The third-order valence-electron chi connectivity index (χ3n) is 7.79. The minimum atomic E-state index is -0.170. The maximum atomic E-state index is 13.3. The summed E-state index contributed by atoms with van der Waals surface area (Å²) in [4.78, 5) is 17.7. The molecule has 3 N–H and O–H groups in total. The summed E-state index contributed by atoms with van der Waals surface area (Å²) in [6, 6.07) is 29.7. The maximum Gasteiger partial charge on any atom is 0.410 e. The highest BCUT2D eigenvalue weighted by molar-refractivity contribution is 7.59. The largest absolute Gasteiger partial charge is 0.448 e. The van der Waals surface area contributed by atoms with Crippen LogP contribution in [0.15, 0.2) is 84.9 Å². The molecule has 38 heavy (non-hydrogen) atoms. The van der Waals surface area contributed by atoms with Crippen LogP contribution in [0.1, 0.15) is 43.7 Å². The molecule has 1 amide bonds. The minimum Gasteiger partial charge on any atom is -0.448 e. The Bertz CT molecular complexity index is 1110. The Morgan fingerprint density at radius 3 is 2.00 bits per heavy atom. The SMILES string of the molecule is C[C@@H](COC(=O)N1C2CCC1CC(Nc1ccccc1N)C2)N(Cc1ccccc1)Cc1ccccc1.S. The summed E-state index contributed by atoms with van der Waals surface area (Å²) < 4.78 is 5.96. The molecule has 2 aliphatic heterocycles. The van der Waals surface area contributed by atoms with Crippen molar-refractivity contribution in [2.45, 2.75) is 69.9 Å². The molecule has 0 radical (unpaired) electrons. The molecule has 2 aliphatic rings. The fourth-order valence-corrected chi connectivity index (χ4v) is 5.82. The molecule has 3 aromatic carbocycles. The second-order valence-electron chi connectivity index (χ2n) is 10.5. The van der Waals surface area contributed by atoms with Crippen LogP contribution >= 0.6 is 13.5 Å². The Hall–Kier alpha value is -3.16. The summed E-state index contributed by atoms with van der Waals surface area (Å²) in [6.45, 7) is 4.13. The van der Waals surface area contributed by atoms with E-state index in [-0.39, 0.29) is 37.7 Å². The Kier molecular flexibility index (Phi) is 9.58. The Morgan fingerprint density at radius 2 is 1.45 bits per heavy atom. The molecule has 6 nitrogen and oxygen atoms in total. The first kappa shape index (κ1) is 27.9. The monoisotopic (exact) mass is 532 g/mol. The first-order chi connectivity index (χ1) is 18.1. The van der Waals surface area contributed by atoms with E-state index in [0.29, 0.717) is 12.6 Å². The van der Waals surface area contributed by atoms with E-state index in [1.165, 1.54) is 11.1 Å². The second kappa shape index (κ2) is 13.1. The standard InChI is InChI=1S/C31H38N4O2.H2S/c1-23(34(20-24-10-4-2-5-11-24)21-25-12-6-3-7-13-25)22-37-31(36)35-27-16-17-28(35)19-26(18-27)33-30-15-9-8-14-29(30)32;/h2-15,23,26-28,33H,16-22,32H2,1H3;1H2/t23-,26?,27?,28?;/m0./s1. The average molecular weight is 533 g/mol. The normalized spacial score (nSPS) is 21.0. The zero-order valence-electron chi connectivity index (χ0n) is 22.1. The summed E-state index contributed by atoms with van der Waals surface area (Å²) in [5, 5.41) is 3.61. The average Bonchev–Trinajstić information content (AvgIpc) is 3.19. The molecule has 5 rings (SSSR count). The zero-order chi connectivity index (χ0) is 25.6. The molecule has 0 aromatic heterocycles. The Balaban J connectivity index is 0.00000336. The number of nitrogen functional groups attached to an aromatic ring is 1. The molecule has 0 spiro atoms. The lowest BCUT2D eigenvalue weighted by Crippen LogP contribution is -2.50. The lowest BCUT2D eigenvalue weighted by Gasteiger charge is -2.39. The van der Waals surface area contributed by atoms with Gasteiger partial charge in [0.1, 0.15) is 6.61 Å². The van der Waals surface area contributed by atoms with E-state index in [9.17, 15) is 4.79 Å². The van der Waals surface area contributed by atoms with Crippen LogP contribution in [0.25, 0.3) is 0 Å². The van der Waals surface area contributed by atoms with Crippen molar-refractivity contribution in [3.8, 4) is 0 Å². The number of carbonyl (C=O) groups excluding carboxylic acids is 1. The summed E-state index contributed by atoms with van der Waals surface area (Å²) in [5.74, 6) is 0. The fraction of sp³-hybridized carbons (Fsp3) is 0.387. The smallest absolute Gasteiger partial charge is 0.410 e. The van der Waals surface area contributed by atoms with Crippen molar-refractivity contribution in [3.63, 3.8) is 0 Å². The van der Waals surface area contributed by atoms with E-state index in [0.717, 1.165) is 50.1 Å². The number of para-hydroxylation sites is 2. The van der Waals surface area contributed by atoms with Crippen molar-refractivity contribution < 1.29 is 9.53 Å². The van der Waals surface area contributed by atoms with Crippen molar-refractivity contribution in [2.24, 2.45) is 0 Å². The number of carbonyl (C=O) groups is 1. The summed E-state index contributed by atoms with van der Waals surface area (Å²) in [7, 11) is 0. The third kappa shape index (κ3) is 6.83. The van der Waals surface area contributed by atoms with Crippen molar-refractivity contribution in [1.82, 2.24) is 9.80 Å². The van der Waals surface area contributed by atoms with Crippen molar-refractivity contribution in [1.29, 1.82) is 0 Å². The predicted molar refractivity (Wildman–Crippen MR) is 159 cm³/mol. The van der Waals surface area contributed by atoms with Crippen LogP contribution in [-0.2, 0) is 17.8 Å². The number of piperidine rings is 1. The summed E-state index contributed by atoms with van der Waals surface area (Å²) >= 11 is 0. The van der Waals surface area contributed by atoms with Crippen LogP contribution in [0.3, 0.4) is 0 Å². The lowest BCUT2D eigenvalue weighted by molar-refractivity contribution is 0.0429. The Morgan fingerprint density at radius 1 is 0.921 bits per heavy atom. The predicted octanol–water partition coefficient (Wildman–Crippen LogP) is 6.02. The molecule has 3 atom stereocenters. The number of benzene rings is 3. The van der Waals surface area contributed by atoms with E-state index < -0.39 is 0 Å². The number of nitrogens with one attached hydrogen (secondary N) is 1. The number of hydrogen-bond acceptors (Lipinski definition) is 5. The summed E-state index contributed by atoms with van der Waals surface area (Å²) in [6.07, 6.45) is 3.74. The molecule has 202 valence electrons. The molecule has 2 fully saturated rings. The van der Waals surface area contributed by atoms with Gasteiger partial charge in [-0.25, -0.2) is 4.79 Å². The van der Waals surface area contributed by atoms with Gasteiger partial charge in [0.05, 0.1) is 11.4 Å². The highest BCUT2D eigenvalue weighted by Crippen LogP contribution is 2.37. The molecular weight excluding hydrogens is 492 g/mol. The number of hydrogen-bond donors (Lipinski definition) is 2. The molecule has 2 unspecified atom stereocenters. The maximum absolute atomic E-state index is 13.3. The van der Waals surface area contributed by atoms with Crippen molar-refractivity contribution in [2.75, 3.05) is 17.7 Å². The molecule has 2 saturated heterocycles. The van der Waals surface area contributed by atoms with Crippen molar-refractivity contribution >= 4 is 31.0 Å². The van der Waals surface area contributed by atoms with E-state index in [1.54, 1.807) is 0 Å². The second-order valence-corrected chi connectivity index (χ2v) is 10.5. The number of rotatable bonds is 9. The van der Waals surface area contributed by atoms with E-state index in [4.69, 9.17) is 10.5 Å². The van der Waals surface area contributed by atoms with Gasteiger partial charge in [0.2, 0.25) is 0 Å². The molecule has 0 saturated carbocycles. The molecular formula is C31H40N4O2S. The molecule has 2 bridgehead atoms. The van der Waals surface area contributed by atoms with E-state index in [2.05, 4.69) is 65.7 Å². The van der Waals surface area contributed by atoms with Gasteiger partial charge in [-0.2, -0.15) is 13.5 Å². The highest BCUT2D eigenvalue weighted by Gasteiger charge is 2.44. The minimum absolute atomic E-state index is 0. The molecule has 3 aromatic rings. The Labute approximate surface area is 233 Å². The number of nitrogens with zero attached hydrogens (tertiary/aromatic N) is 2. The van der Waals surface area contributed by atoms with Gasteiger partial charge < -0.3 is 20.7 Å². The van der Waals surface area contributed by atoms with E-state index in [1.807, 2.05) is 41.3 Å². The quantitative estimate of drug-likeness (QED) is 0.330. The fourth-order valence-electron chi connectivity index (χ4n) is 5.82. The van der Waals surface area contributed by atoms with Crippen molar-refractivity contribution in [3.05, 3.63) is 96.1 Å². The van der Waals surface area contributed by atoms with Gasteiger partial charge in [-0.05, 0) is 55.9 Å². The first-order valence-corrected chi connectivity index (χ1v) is 13.4. The summed E-state index contributed by atoms with van der Waals surface area (Å²) in [5.41, 5.74) is 10.4. The van der Waals surface area contributed by atoms with Crippen LogP contribution in [0.2, 0.25) is 0 Å². The third-order valence-corrected chi connectivity index (χ3v) is 7.79. The molecule has 0 aliphatic carbocycles. The van der Waals surface area contributed by atoms with Gasteiger partial charge in [-0.3, -0.25) is 4.90 Å². The van der Waals surface area contributed by atoms with Gasteiger partial charge >= 0.3 is 6.09 Å². The van der Waals surface area contributed by atoms with Gasteiger partial charge in [0, 0.05) is 37.3 Å². The number of fused-ring (bicyclic) bond motifs is 2. The van der Waals surface area contributed by atoms with Crippen LogP contribution in [0, 0.1) is 0 Å².